The molecule has 2 aromatic rings. The van der Waals surface area contributed by atoms with Crippen molar-refractivity contribution >= 4 is 29.0 Å². The second kappa shape index (κ2) is 5.65. The highest BCUT2D eigenvalue weighted by Crippen LogP contribution is 2.24. The van der Waals surface area contributed by atoms with Crippen molar-refractivity contribution in [2.24, 2.45) is 0 Å². The van der Waals surface area contributed by atoms with Crippen molar-refractivity contribution in [1.29, 1.82) is 0 Å². The second-order valence-electron chi connectivity index (χ2n) is 4.79. The number of anilines is 2. The molecular weight excluding hydrogens is 295 g/mol. The minimum absolute atomic E-state index is 0.0495. The average Bonchev–Trinajstić information content (AvgIpc) is 3.27. The molecule has 5 nitrogen and oxygen atoms in total. The molecule has 21 heavy (non-hydrogen) atoms. The van der Waals surface area contributed by atoms with Crippen LogP contribution in [-0.2, 0) is 0 Å². The van der Waals surface area contributed by atoms with E-state index < -0.39 is 11.7 Å². The number of hydrogen-bond acceptors (Lipinski definition) is 4. The Balaban J connectivity index is 1.73. The summed E-state index contributed by atoms with van der Waals surface area (Å²) in [7, 11) is 0. The van der Waals surface area contributed by atoms with E-state index in [0.29, 0.717) is 17.5 Å². The smallest absolute Gasteiger partial charge is 0.274 e. The van der Waals surface area contributed by atoms with Crippen LogP contribution in [0.15, 0.2) is 30.6 Å². The van der Waals surface area contributed by atoms with Gasteiger partial charge in [0.15, 0.2) is 0 Å². The Morgan fingerprint density at radius 3 is 2.81 bits per heavy atom. The monoisotopic (exact) mass is 306 g/mol. The van der Waals surface area contributed by atoms with Crippen molar-refractivity contribution in [3.05, 3.63) is 47.1 Å². The fraction of sp³-hybridized carbons (Fsp3) is 0.214. The summed E-state index contributed by atoms with van der Waals surface area (Å²) in [4.78, 5) is 20.1. The van der Waals surface area contributed by atoms with E-state index in [9.17, 15) is 9.18 Å². The summed E-state index contributed by atoms with van der Waals surface area (Å²) in [6, 6.07) is 5.99. The molecule has 1 aliphatic rings. The first-order valence-corrected chi connectivity index (χ1v) is 6.84. The lowest BCUT2D eigenvalue weighted by Gasteiger charge is -2.07. The summed E-state index contributed by atoms with van der Waals surface area (Å²) in [5, 5.41) is 5.75. The maximum absolute atomic E-state index is 13.1. The largest absolute Gasteiger partial charge is 0.367 e. The van der Waals surface area contributed by atoms with Crippen molar-refractivity contribution in [3.63, 3.8) is 0 Å². The van der Waals surface area contributed by atoms with Gasteiger partial charge in [-0.25, -0.2) is 14.4 Å². The Hall–Kier alpha value is -2.21. The molecule has 1 heterocycles. The van der Waals surface area contributed by atoms with Gasteiger partial charge >= 0.3 is 0 Å². The van der Waals surface area contributed by atoms with Gasteiger partial charge in [-0.15, -0.1) is 0 Å². The highest BCUT2D eigenvalue weighted by atomic mass is 35.5. The van der Waals surface area contributed by atoms with Crippen LogP contribution in [0, 0.1) is 5.82 Å². The number of halogens is 2. The summed E-state index contributed by atoms with van der Waals surface area (Å²) in [5.41, 5.74) is 0.635. The van der Waals surface area contributed by atoms with Gasteiger partial charge < -0.3 is 10.6 Å². The molecule has 0 atom stereocenters. The van der Waals surface area contributed by atoms with E-state index in [-0.39, 0.29) is 10.7 Å². The third kappa shape index (κ3) is 3.46. The van der Waals surface area contributed by atoms with Gasteiger partial charge in [0.2, 0.25) is 0 Å². The molecule has 0 unspecified atom stereocenters. The van der Waals surface area contributed by atoms with Crippen LogP contribution in [0.3, 0.4) is 0 Å². The third-order valence-corrected chi connectivity index (χ3v) is 3.30. The van der Waals surface area contributed by atoms with E-state index in [1.807, 2.05) is 0 Å². The Morgan fingerprint density at radius 2 is 2.10 bits per heavy atom. The van der Waals surface area contributed by atoms with Gasteiger partial charge in [-0.3, -0.25) is 4.79 Å². The maximum atomic E-state index is 13.1. The third-order valence-electron chi connectivity index (χ3n) is 3.01. The van der Waals surface area contributed by atoms with Gasteiger partial charge in [-0.2, -0.15) is 0 Å². The van der Waals surface area contributed by atoms with Gasteiger partial charge in [-0.1, -0.05) is 11.6 Å². The van der Waals surface area contributed by atoms with Gasteiger partial charge in [0.1, 0.15) is 23.7 Å². The van der Waals surface area contributed by atoms with Crippen molar-refractivity contribution in [2.75, 3.05) is 10.6 Å². The summed E-state index contributed by atoms with van der Waals surface area (Å²) < 4.78 is 13.1. The molecule has 1 fully saturated rings. The first-order chi connectivity index (χ1) is 10.1. The summed E-state index contributed by atoms with van der Waals surface area (Å²) in [6.07, 6.45) is 3.55. The number of nitrogens with zero attached hydrogens (tertiary/aromatic N) is 2. The number of hydrogen-bond donors (Lipinski definition) is 2. The van der Waals surface area contributed by atoms with Gasteiger partial charge in [0.25, 0.3) is 5.91 Å². The molecule has 0 radical (unpaired) electrons. The number of aromatic nitrogens is 2. The lowest BCUT2D eigenvalue weighted by Crippen LogP contribution is -2.15. The Bertz CT molecular complexity index is 690. The lowest BCUT2D eigenvalue weighted by molar-refractivity contribution is 0.102. The minimum Gasteiger partial charge on any atom is -0.367 e. The topological polar surface area (TPSA) is 66.9 Å². The molecule has 7 heteroatoms. The lowest BCUT2D eigenvalue weighted by atomic mass is 10.3. The van der Waals surface area contributed by atoms with Crippen LogP contribution in [-0.4, -0.2) is 21.9 Å². The molecule has 0 spiro atoms. The summed E-state index contributed by atoms with van der Waals surface area (Å²) >= 11 is 5.67. The van der Waals surface area contributed by atoms with E-state index in [1.165, 1.54) is 24.5 Å². The molecule has 0 saturated heterocycles. The molecule has 0 bridgehead atoms. The molecule has 3 rings (SSSR count). The first-order valence-electron chi connectivity index (χ1n) is 6.47. The first kappa shape index (κ1) is 13.8. The molecule has 2 N–H and O–H groups in total. The van der Waals surface area contributed by atoms with Crippen molar-refractivity contribution in [2.45, 2.75) is 18.9 Å². The fourth-order valence-corrected chi connectivity index (χ4v) is 1.95. The quantitative estimate of drug-likeness (QED) is 0.911. The average molecular weight is 307 g/mol. The highest BCUT2D eigenvalue weighted by Gasteiger charge is 2.21. The predicted octanol–water partition coefficient (Wildman–Crippen LogP) is 3.10. The Labute approximate surface area is 125 Å². The molecule has 1 aromatic heterocycles. The van der Waals surface area contributed by atoms with Crippen LogP contribution < -0.4 is 10.6 Å². The summed E-state index contributed by atoms with van der Waals surface area (Å²) in [5.74, 6) is -0.318. The number of benzene rings is 1. The van der Waals surface area contributed by atoms with E-state index in [1.54, 1.807) is 6.07 Å². The van der Waals surface area contributed by atoms with Crippen LogP contribution in [0.4, 0.5) is 15.9 Å². The molecule has 1 saturated carbocycles. The van der Waals surface area contributed by atoms with Crippen LogP contribution in [0.1, 0.15) is 23.3 Å². The maximum Gasteiger partial charge on any atom is 0.274 e. The van der Waals surface area contributed by atoms with Gasteiger partial charge in [0.05, 0.1) is 5.02 Å². The van der Waals surface area contributed by atoms with E-state index in [4.69, 9.17) is 11.6 Å². The van der Waals surface area contributed by atoms with Crippen LogP contribution in [0.5, 0.6) is 0 Å². The zero-order valence-electron chi connectivity index (χ0n) is 10.9. The SMILES string of the molecule is O=C(Nc1ccc(F)c(Cl)c1)c1cc(NC2CC2)ncn1. The van der Waals surface area contributed by atoms with Gasteiger partial charge in [-0.05, 0) is 31.0 Å². The number of nitrogens with one attached hydrogen (secondary N) is 2. The Kier molecular flexibility index (Phi) is 3.70. The molecule has 1 aromatic carbocycles. The van der Waals surface area contributed by atoms with Crippen molar-refractivity contribution in [1.82, 2.24) is 9.97 Å². The van der Waals surface area contributed by atoms with Crippen LogP contribution in [0.2, 0.25) is 5.02 Å². The highest BCUT2D eigenvalue weighted by molar-refractivity contribution is 6.31. The number of rotatable bonds is 4. The standard InChI is InChI=1S/C14H12ClFN4O/c15-10-5-9(3-4-11(10)16)20-14(21)12-6-13(18-7-17-12)19-8-1-2-8/h3-8H,1-2H2,(H,20,21)(H,17,18,19). The fourth-order valence-electron chi connectivity index (χ4n) is 1.77. The van der Waals surface area contributed by atoms with E-state index >= 15 is 0 Å². The molecule has 1 aliphatic carbocycles. The summed E-state index contributed by atoms with van der Waals surface area (Å²) in [6.45, 7) is 0. The normalized spacial score (nSPS) is 13.8. The number of amides is 1. The van der Waals surface area contributed by atoms with Crippen molar-refractivity contribution in [3.8, 4) is 0 Å². The van der Waals surface area contributed by atoms with Crippen molar-refractivity contribution < 1.29 is 9.18 Å². The zero-order chi connectivity index (χ0) is 14.8. The molecule has 108 valence electrons. The number of carbonyl (C=O) groups is 1. The molecule has 0 aliphatic heterocycles. The van der Waals surface area contributed by atoms with Gasteiger partial charge in [0, 0.05) is 17.8 Å². The predicted molar refractivity (Wildman–Crippen MR) is 78.0 cm³/mol. The zero-order valence-corrected chi connectivity index (χ0v) is 11.7. The number of carbonyl (C=O) groups excluding carboxylic acids is 1. The molecule has 1 amide bonds. The molecular formula is C14H12ClFN4O. The Morgan fingerprint density at radius 1 is 1.29 bits per heavy atom. The second-order valence-corrected chi connectivity index (χ2v) is 5.20. The van der Waals surface area contributed by atoms with E-state index in [2.05, 4.69) is 20.6 Å². The van der Waals surface area contributed by atoms with E-state index in [0.717, 1.165) is 12.8 Å². The van der Waals surface area contributed by atoms with Crippen LogP contribution in [0.25, 0.3) is 0 Å². The minimum atomic E-state index is -0.535. The van der Waals surface area contributed by atoms with Crippen LogP contribution >= 0.6 is 11.6 Å².